The molecule has 0 saturated carbocycles. The Morgan fingerprint density at radius 1 is 0.773 bits per heavy atom. The lowest BCUT2D eigenvalue weighted by molar-refractivity contribution is 0.0219. The minimum absolute atomic E-state index is 0.312. The van der Waals surface area contributed by atoms with Gasteiger partial charge in [-0.2, -0.15) is 0 Å². The van der Waals surface area contributed by atoms with Crippen molar-refractivity contribution in [2.24, 2.45) is 5.73 Å². The number of halogens is 2. The summed E-state index contributed by atoms with van der Waals surface area (Å²) in [4.78, 5) is 0. The zero-order chi connectivity index (χ0) is 15.8. The van der Waals surface area contributed by atoms with Crippen LogP contribution in [0.2, 0.25) is 0 Å². The van der Waals surface area contributed by atoms with E-state index in [9.17, 15) is 8.78 Å². The molecule has 0 aliphatic carbocycles. The highest BCUT2D eigenvalue weighted by Gasteiger charge is 2.15. The molecule has 0 unspecified atom stereocenters. The molecule has 2 aromatic carbocycles. The Balaban J connectivity index is 2.10. The van der Waals surface area contributed by atoms with Gasteiger partial charge in [0.25, 0.3) is 0 Å². The molecule has 0 bridgehead atoms. The third-order valence-corrected chi connectivity index (χ3v) is 3.12. The topological polar surface area (TPSA) is 44.5 Å². The summed E-state index contributed by atoms with van der Waals surface area (Å²) in [5, 5.41) is 0. The summed E-state index contributed by atoms with van der Waals surface area (Å²) in [5.41, 5.74) is 6.94. The van der Waals surface area contributed by atoms with Crippen LogP contribution in [0.25, 0.3) is 0 Å². The molecule has 0 radical (unpaired) electrons. The smallest absolute Gasteiger partial charge is 0.123 e. The Labute approximate surface area is 128 Å². The van der Waals surface area contributed by atoms with Crippen LogP contribution in [0.1, 0.15) is 17.2 Å². The van der Waals surface area contributed by atoms with Gasteiger partial charge in [-0.1, -0.05) is 24.3 Å². The number of hydrogen-bond acceptors (Lipinski definition) is 3. The molecular formula is C17H19F2NO2. The van der Waals surface area contributed by atoms with Gasteiger partial charge in [0, 0.05) is 6.54 Å². The average Bonchev–Trinajstić information content (AvgIpc) is 2.53. The third-order valence-electron chi connectivity index (χ3n) is 3.12. The lowest BCUT2D eigenvalue weighted by atomic mass is 10.0. The molecule has 0 aliphatic rings. The summed E-state index contributed by atoms with van der Waals surface area (Å²) >= 11 is 0. The van der Waals surface area contributed by atoms with Crippen molar-refractivity contribution >= 4 is 0 Å². The number of rotatable bonds is 8. The fourth-order valence-electron chi connectivity index (χ4n) is 2.07. The van der Waals surface area contributed by atoms with Gasteiger partial charge in [-0.05, 0) is 35.4 Å². The first-order chi connectivity index (χ1) is 10.7. The van der Waals surface area contributed by atoms with E-state index in [4.69, 9.17) is 15.2 Å². The van der Waals surface area contributed by atoms with E-state index < -0.39 is 6.10 Å². The van der Waals surface area contributed by atoms with Gasteiger partial charge in [0.05, 0.1) is 19.8 Å². The Hall–Kier alpha value is -1.82. The quantitative estimate of drug-likeness (QED) is 0.762. The molecule has 118 valence electrons. The van der Waals surface area contributed by atoms with Crippen molar-refractivity contribution in [3.8, 4) is 0 Å². The Bertz CT molecular complexity index is 512. The molecule has 2 N–H and O–H groups in total. The summed E-state index contributed by atoms with van der Waals surface area (Å²) in [6.45, 7) is 1.70. The van der Waals surface area contributed by atoms with Crippen LogP contribution in [0.5, 0.6) is 0 Å². The van der Waals surface area contributed by atoms with E-state index in [0.717, 1.165) is 11.1 Å². The van der Waals surface area contributed by atoms with E-state index in [-0.39, 0.29) is 11.6 Å². The highest BCUT2D eigenvalue weighted by atomic mass is 19.1. The van der Waals surface area contributed by atoms with Crippen LogP contribution in [0.4, 0.5) is 8.78 Å². The lowest BCUT2D eigenvalue weighted by Gasteiger charge is -2.19. The van der Waals surface area contributed by atoms with Crippen molar-refractivity contribution in [1.29, 1.82) is 0 Å². The van der Waals surface area contributed by atoms with Crippen LogP contribution < -0.4 is 5.73 Å². The zero-order valence-corrected chi connectivity index (χ0v) is 12.2. The fourth-order valence-corrected chi connectivity index (χ4v) is 2.07. The standard InChI is InChI=1S/C17H19F2NO2/c18-15-5-1-13(2-6-15)17(22-12-11-21-10-9-20)14-3-7-16(19)8-4-14/h1-8,17H,9-12,20H2. The van der Waals surface area contributed by atoms with Gasteiger partial charge in [0.1, 0.15) is 17.7 Å². The summed E-state index contributed by atoms with van der Waals surface area (Å²) in [6.07, 6.45) is -0.400. The van der Waals surface area contributed by atoms with E-state index in [1.165, 1.54) is 24.3 Å². The first-order valence-electron chi connectivity index (χ1n) is 7.11. The highest BCUT2D eigenvalue weighted by Crippen LogP contribution is 2.26. The van der Waals surface area contributed by atoms with E-state index in [0.29, 0.717) is 26.4 Å². The molecule has 0 spiro atoms. The molecule has 0 amide bonds. The van der Waals surface area contributed by atoms with Crippen molar-refractivity contribution in [3.63, 3.8) is 0 Å². The molecule has 0 saturated heterocycles. The predicted molar refractivity (Wildman–Crippen MR) is 80.5 cm³/mol. The summed E-state index contributed by atoms with van der Waals surface area (Å²) in [7, 11) is 0. The van der Waals surface area contributed by atoms with E-state index in [1.54, 1.807) is 24.3 Å². The third kappa shape index (κ3) is 4.87. The van der Waals surface area contributed by atoms with Gasteiger partial charge < -0.3 is 15.2 Å². The molecule has 0 heterocycles. The maximum absolute atomic E-state index is 13.1. The highest BCUT2D eigenvalue weighted by molar-refractivity contribution is 5.30. The first kappa shape index (κ1) is 16.5. The van der Waals surface area contributed by atoms with Crippen LogP contribution in [-0.2, 0) is 9.47 Å². The number of benzene rings is 2. The van der Waals surface area contributed by atoms with Crippen molar-refractivity contribution in [2.45, 2.75) is 6.10 Å². The monoisotopic (exact) mass is 307 g/mol. The Morgan fingerprint density at radius 2 is 1.27 bits per heavy atom. The van der Waals surface area contributed by atoms with Crippen molar-refractivity contribution < 1.29 is 18.3 Å². The molecule has 3 nitrogen and oxygen atoms in total. The molecular weight excluding hydrogens is 288 g/mol. The molecule has 2 rings (SSSR count). The largest absolute Gasteiger partial charge is 0.378 e. The Kier molecular flexibility index (Phi) is 6.45. The molecule has 22 heavy (non-hydrogen) atoms. The SMILES string of the molecule is NCCOCCOC(c1ccc(F)cc1)c1ccc(F)cc1. The normalized spacial score (nSPS) is 11.1. The molecule has 0 aromatic heterocycles. The van der Waals surface area contributed by atoms with Crippen molar-refractivity contribution in [3.05, 3.63) is 71.3 Å². The number of ether oxygens (including phenoxy) is 2. The summed E-state index contributed by atoms with van der Waals surface area (Å²) in [6, 6.07) is 12.1. The number of nitrogens with two attached hydrogens (primary N) is 1. The van der Waals surface area contributed by atoms with Crippen LogP contribution in [-0.4, -0.2) is 26.4 Å². The second kappa shape index (κ2) is 8.58. The van der Waals surface area contributed by atoms with E-state index in [2.05, 4.69) is 0 Å². The average molecular weight is 307 g/mol. The lowest BCUT2D eigenvalue weighted by Crippen LogP contribution is -2.14. The van der Waals surface area contributed by atoms with Crippen molar-refractivity contribution in [1.82, 2.24) is 0 Å². The zero-order valence-electron chi connectivity index (χ0n) is 12.2. The molecule has 0 aliphatic heterocycles. The number of hydrogen-bond donors (Lipinski definition) is 1. The summed E-state index contributed by atoms with van der Waals surface area (Å²) in [5.74, 6) is -0.624. The van der Waals surface area contributed by atoms with Crippen molar-refractivity contribution in [2.75, 3.05) is 26.4 Å². The van der Waals surface area contributed by atoms with Crippen LogP contribution in [0.3, 0.4) is 0 Å². The molecule has 0 fully saturated rings. The molecule has 2 aromatic rings. The van der Waals surface area contributed by atoms with Crippen LogP contribution in [0, 0.1) is 11.6 Å². The minimum Gasteiger partial charge on any atom is -0.378 e. The predicted octanol–water partition coefficient (Wildman–Crippen LogP) is 3.05. The maximum Gasteiger partial charge on any atom is 0.123 e. The molecule has 0 atom stereocenters. The van der Waals surface area contributed by atoms with Gasteiger partial charge in [-0.25, -0.2) is 8.78 Å². The first-order valence-corrected chi connectivity index (χ1v) is 7.11. The Morgan fingerprint density at radius 3 is 1.73 bits per heavy atom. The fraction of sp³-hybridized carbons (Fsp3) is 0.294. The van der Waals surface area contributed by atoms with Gasteiger partial charge in [0.15, 0.2) is 0 Å². The second-order valence-corrected chi connectivity index (χ2v) is 4.75. The minimum atomic E-state index is -0.400. The van der Waals surface area contributed by atoms with Gasteiger partial charge >= 0.3 is 0 Å². The van der Waals surface area contributed by atoms with E-state index in [1.807, 2.05) is 0 Å². The maximum atomic E-state index is 13.1. The molecule has 5 heteroatoms. The summed E-state index contributed by atoms with van der Waals surface area (Å²) < 4.78 is 37.3. The van der Waals surface area contributed by atoms with Crippen LogP contribution >= 0.6 is 0 Å². The van der Waals surface area contributed by atoms with Gasteiger partial charge in [0.2, 0.25) is 0 Å². The van der Waals surface area contributed by atoms with Crippen LogP contribution in [0.15, 0.2) is 48.5 Å². The van der Waals surface area contributed by atoms with Gasteiger partial charge in [-0.3, -0.25) is 0 Å². The van der Waals surface area contributed by atoms with Gasteiger partial charge in [-0.15, -0.1) is 0 Å². The second-order valence-electron chi connectivity index (χ2n) is 4.75. The van der Waals surface area contributed by atoms with E-state index >= 15 is 0 Å².